The molecule has 1 aromatic rings. The molecule has 0 amide bonds. The van der Waals surface area contributed by atoms with Gasteiger partial charge in [-0.05, 0) is 26.0 Å². The highest BCUT2D eigenvalue weighted by Crippen LogP contribution is 2.25. The molecule has 0 saturated heterocycles. The Morgan fingerprint density at radius 3 is 2.43 bits per heavy atom. The number of hydrogen-bond acceptors (Lipinski definition) is 4. The smallest absolute Gasteiger partial charge is 0.246 e. The zero-order valence-electron chi connectivity index (χ0n) is 12.1. The first-order valence-corrected chi connectivity index (χ1v) is 7.79. The van der Waals surface area contributed by atoms with Gasteiger partial charge in [-0.2, -0.15) is 4.31 Å². The van der Waals surface area contributed by atoms with Gasteiger partial charge in [-0.15, -0.1) is 0 Å². The van der Waals surface area contributed by atoms with Crippen molar-refractivity contribution in [2.45, 2.75) is 31.4 Å². The van der Waals surface area contributed by atoms with Crippen LogP contribution in [0, 0.1) is 11.6 Å². The number of methoxy groups -OCH3 is 1. The van der Waals surface area contributed by atoms with Crippen LogP contribution in [0.1, 0.15) is 19.4 Å². The molecule has 0 heterocycles. The SMILES string of the molecule is COCCN(C(C)C)S(=O)(=O)c1ccc(F)c(CO)c1F. The second-order valence-electron chi connectivity index (χ2n) is 4.70. The Labute approximate surface area is 123 Å². The van der Waals surface area contributed by atoms with Gasteiger partial charge in [0, 0.05) is 19.7 Å². The monoisotopic (exact) mass is 323 g/mol. The van der Waals surface area contributed by atoms with Gasteiger partial charge in [0.05, 0.1) is 18.8 Å². The Morgan fingerprint density at radius 1 is 1.33 bits per heavy atom. The summed E-state index contributed by atoms with van der Waals surface area (Å²) in [6.07, 6.45) is 0. The number of halogens is 2. The topological polar surface area (TPSA) is 66.8 Å². The van der Waals surface area contributed by atoms with Gasteiger partial charge in [0.25, 0.3) is 0 Å². The number of sulfonamides is 1. The summed E-state index contributed by atoms with van der Waals surface area (Å²) in [6, 6.07) is 1.27. The molecule has 1 N–H and O–H groups in total. The first kappa shape index (κ1) is 18.0. The summed E-state index contributed by atoms with van der Waals surface area (Å²) in [5.74, 6) is -2.25. The zero-order chi connectivity index (χ0) is 16.2. The maximum Gasteiger partial charge on any atom is 0.246 e. The van der Waals surface area contributed by atoms with Crippen molar-refractivity contribution in [3.63, 3.8) is 0 Å². The predicted octanol–water partition coefficient (Wildman–Crippen LogP) is 1.50. The summed E-state index contributed by atoms with van der Waals surface area (Å²) in [7, 11) is -2.73. The second-order valence-corrected chi connectivity index (χ2v) is 6.56. The van der Waals surface area contributed by atoms with Crippen molar-refractivity contribution in [1.82, 2.24) is 4.31 Å². The molecule has 0 fully saturated rings. The lowest BCUT2D eigenvalue weighted by Crippen LogP contribution is -2.39. The number of benzene rings is 1. The van der Waals surface area contributed by atoms with Crippen LogP contribution in [0.2, 0.25) is 0 Å². The largest absolute Gasteiger partial charge is 0.391 e. The average molecular weight is 323 g/mol. The number of rotatable bonds is 7. The molecule has 0 aliphatic heterocycles. The van der Waals surface area contributed by atoms with Gasteiger partial charge in [0.1, 0.15) is 10.7 Å². The fraction of sp³-hybridized carbons (Fsp3) is 0.538. The van der Waals surface area contributed by atoms with E-state index in [0.717, 1.165) is 16.4 Å². The van der Waals surface area contributed by atoms with Crippen LogP contribution in [0.5, 0.6) is 0 Å². The van der Waals surface area contributed by atoms with E-state index in [1.807, 2.05) is 0 Å². The van der Waals surface area contributed by atoms with Crippen LogP contribution in [0.15, 0.2) is 17.0 Å². The molecule has 0 saturated carbocycles. The molecule has 0 spiro atoms. The van der Waals surface area contributed by atoms with Crippen LogP contribution in [0.3, 0.4) is 0 Å². The van der Waals surface area contributed by atoms with Gasteiger partial charge in [0.2, 0.25) is 10.0 Å². The summed E-state index contributed by atoms with van der Waals surface area (Å²) < 4.78 is 58.4. The van der Waals surface area contributed by atoms with Gasteiger partial charge < -0.3 is 9.84 Å². The van der Waals surface area contributed by atoms with E-state index in [2.05, 4.69) is 0 Å². The van der Waals surface area contributed by atoms with Crippen LogP contribution < -0.4 is 0 Å². The Kier molecular flexibility index (Phi) is 6.21. The van der Waals surface area contributed by atoms with Crippen LogP contribution in [0.25, 0.3) is 0 Å². The number of hydrogen-bond donors (Lipinski definition) is 1. The zero-order valence-corrected chi connectivity index (χ0v) is 13.0. The molecular weight excluding hydrogens is 304 g/mol. The number of aliphatic hydroxyl groups excluding tert-OH is 1. The lowest BCUT2D eigenvalue weighted by molar-refractivity contribution is 0.170. The summed E-state index contributed by atoms with van der Waals surface area (Å²) in [5.41, 5.74) is -0.661. The van der Waals surface area contributed by atoms with Crippen LogP contribution in [-0.4, -0.2) is 44.1 Å². The molecular formula is C13H19F2NO4S. The highest BCUT2D eigenvalue weighted by Gasteiger charge is 2.31. The van der Waals surface area contributed by atoms with Crippen LogP contribution >= 0.6 is 0 Å². The predicted molar refractivity (Wildman–Crippen MR) is 73.2 cm³/mol. The van der Waals surface area contributed by atoms with Crippen molar-refractivity contribution < 1.29 is 27.0 Å². The van der Waals surface area contributed by atoms with E-state index >= 15 is 0 Å². The lowest BCUT2D eigenvalue weighted by atomic mass is 10.2. The summed E-state index contributed by atoms with van der Waals surface area (Å²) in [4.78, 5) is -0.655. The van der Waals surface area contributed by atoms with E-state index in [1.165, 1.54) is 7.11 Å². The summed E-state index contributed by atoms with van der Waals surface area (Å²) >= 11 is 0. The third-order valence-corrected chi connectivity index (χ3v) is 5.08. The Morgan fingerprint density at radius 2 is 1.95 bits per heavy atom. The third kappa shape index (κ3) is 3.76. The van der Waals surface area contributed by atoms with Crippen LogP contribution in [-0.2, 0) is 21.4 Å². The van der Waals surface area contributed by atoms with Gasteiger partial charge in [-0.25, -0.2) is 17.2 Å². The number of ether oxygens (including phenoxy) is 1. The number of aliphatic hydroxyl groups is 1. The Bertz CT molecular complexity index is 590. The van der Waals surface area contributed by atoms with Gasteiger partial charge >= 0.3 is 0 Å². The minimum absolute atomic E-state index is 0.0434. The first-order chi connectivity index (χ1) is 9.77. The van der Waals surface area contributed by atoms with Gasteiger partial charge in [-0.1, -0.05) is 0 Å². The molecule has 0 unspecified atom stereocenters. The molecule has 0 aromatic heterocycles. The highest BCUT2D eigenvalue weighted by molar-refractivity contribution is 7.89. The first-order valence-electron chi connectivity index (χ1n) is 6.35. The summed E-state index contributed by atoms with van der Waals surface area (Å²) in [6.45, 7) is 2.55. The molecule has 8 heteroatoms. The minimum Gasteiger partial charge on any atom is -0.391 e. The van der Waals surface area contributed by atoms with E-state index in [4.69, 9.17) is 9.84 Å². The molecule has 1 rings (SSSR count). The molecule has 0 aliphatic carbocycles. The van der Waals surface area contributed by atoms with Crippen molar-refractivity contribution in [3.8, 4) is 0 Å². The fourth-order valence-corrected chi connectivity index (χ4v) is 3.60. The van der Waals surface area contributed by atoms with E-state index in [1.54, 1.807) is 13.8 Å². The second kappa shape index (κ2) is 7.26. The maximum absolute atomic E-state index is 14.1. The van der Waals surface area contributed by atoms with Crippen molar-refractivity contribution in [1.29, 1.82) is 0 Å². The Hall–Kier alpha value is -1.09. The van der Waals surface area contributed by atoms with Gasteiger partial charge in [0.15, 0.2) is 5.82 Å². The molecule has 5 nitrogen and oxygen atoms in total. The van der Waals surface area contributed by atoms with Crippen molar-refractivity contribution in [2.24, 2.45) is 0 Å². The normalized spacial score (nSPS) is 12.4. The highest BCUT2D eigenvalue weighted by atomic mass is 32.2. The van der Waals surface area contributed by atoms with Gasteiger partial charge in [-0.3, -0.25) is 0 Å². The van der Waals surface area contributed by atoms with E-state index in [9.17, 15) is 17.2 Å². The molecule has 0 atom stereocenters. The quantitative estimate of drug-likeness (QED) is 0.826. The van der Waals surface area contributed by atoms with E-state index in [0.29, 0.717) is 0 Å². The van der Waals surface area contributed by atoms with Crippen molar-refractivity contribution >= 4 is 10.0 Å². The number of nitrogens with zero attached hydrogens (tertiary/aromatic N) is 1. The lowest BCUT2D eigenvalue weighted by Gasteiger charge is -2.26. The molecule has 120 valence electrons. The molecule has 0 bridgehead atoms. The summed E-state index contributed by atoms with van der Waals surface area (Å²) in [5, 5.41) is 8.97. The molecule has 0 radical (unpaired) electrons. The third-order valence-electron chi connectivity index (χ3n) is 2.99. The average Bonchev–Trinajstić information content (AvgIpc) is 2.38. The molecule has 21 heavy (non-hydrogen) atoms. The minimum atomic E-state index is -4.15. The van der Waals surface area contributed by atoms with E-state index < -0.39 is 44.8 Å². The standard InChI is InChI=1S/C13H19F2NO4S/c1-9(2)16(6-7-20-3)21(18,19)12-5-4-11(14)10(8-17)13(12)15/h4-5,9,17H,6-8H2,1-3H3. The fourth-order valence-electron chi connectivity index (χ4n) is 1.88. The maximum atomic E-state index is 14.1. The molecule has 0 aliphatic rings. The van der Waals surface area contributed by atoms with Crippen molar-refractivity contribution in [3.05, 3.63) is 29.3 Å². The van der Waals surface area contributed by atoms with Crippen LogP contribution in [0.4, 0.5) is 8.78 Å². The Balaban J connectivity index is 3.35. The molecule has 1 aromatic carbocycles. The van der Waals surface area contributed by atoms with E-state index in [-0.39, 0.29) is 13.2 Å². The van der Waals surface area contributed by atoms with Crippen molar-refractivity contribution in [2.75, 3.05) is 20.3 Å².